The molecule has 5 heteroatoms. The molecule has 17 heavy (non-hydrogen) atoms. The third-order valence-corrected chi connectivity index (χ3v) is 2.96. The molecule has 0 heterocycles. The zero-order valence-corrected chi connectivity index (χ0v) is 10.6. The smallest absolute Gasteiger partial charge is 0.310 e. The van der Waals surface area contributed by atoms with Crippen LogP contribution >= 0.6 is 11.6 Å². The monoisotopic (exact) mass is 257 g/mol. The number of carboxylic acids is 1. The molecule has 0 saturated carbocycles. The SMILES string of the molecule is CC(C)(CNCc1cccc(O)c1Cl)C(=O)O. The zero-order chi connectivity index (χ0) is 13.1. The van der Waals surface area contributed by atoms with Gasteiger partial charge in [-0.2, -0.15) is 0 Å². The molecular formula is C12H16ClNO3. The average Bonchev–Trinajstić information content (AvgIpc) is 2.24. The fraction of sp³-hybridized carbons (Fsp3) is 0.417. The number of carbonyl (C=O) groups is 1. The quantitative estimate of drug-likeness (QED) is 0.757. The highest BCUT2D eigenvalue weighted by atomic mass is 35.5. The van der Waals surface area contributed by atoms with Crippen molar-refractivity contribution in [2.24, 2.45) is 5.41 Å². The molecule has 1 rings (SSSR count). The molecule has 0 radical (unpaired) electrons. The van der Waals surface area contributed by atoms with Gasteiger partial charge in [-0.15, -0.1) is 0 Å². The van der Waals surface area contributed by atoms with Crippen LogP contribution in [0.25, 0.3) is 0 Å². The van der Waals surface area contributed by atoms with E-state index in [9.17, 15) is 9.90 Å². The van der Waals surface area contributed by atoms with Crippen molar-refractivity contribution in [1.82, 2.24) is 5.32 Å². The number of hydrogen-bond donors (Lipinski definition) is 3. The normalized spacial score (nSPS) is 11.5. The number of phenols is 1. The van der Waals surface area contributed by atoms with Gasteiger partial charge in [0.05, 0.1) is 10.4 Å². The fourth-order valence-electron chi connectivity index (χ4n) is 1.29. The number of phenolic OH excluding ortho intramolecular Hbond substituents is 1. The number of halogens is 1. The van der Waals surface area contributed by atoms with Crippen LogP contribution in [0.1, 0.15) is 19.4 Å². The van der Waals surface area contributed by atoms with Crippen LogP contribution < -0.4 is 5.32 Å². The Hall–Kier alpha value is -1.26. The Balaban J connectivity index is 2.58. The van der Waals surface area contributed by atoms with Crippen LogP contribution in [0.15, 0.2) is 18.2 Å². The van der Waals surface area contributed by atoms with E-state index < -0.39 is 11.4 Å². The molecule has 0 unspecified atom stereocenters. The van der Waals surface area contributed by atoms with Gasteiger partial charge in [-0.1, -0.05) is 23.7 Å². The van der Waals surface area contributed by atoms with Crippen molar-refractivity contribution < 1.29 is 15.0 Å². The number of rotatable bonds is 5. The van der Waals surface area contributed by atoms with Crippen molar-refractivity contribution in [3.05, 3.63) is 28.8 Å². The van der Waals surface area contributed by atoms with Crippen LogP contribution in [0, 0.1) is 5.41 Å². The van der Waals surface area contributed by atoms with Gasteiger partial charge < -0.3 is 15.5 Å². The average molecular weight is 258 g/mol. The van der Waals surface area contributed by atoms with Gasteiger partial charge in [-0.25, -0.2) is 0 Å². The summed E-state index contributed by atoms with van der Waals surface area (Å²) in [6, 6.07) is 4.98. The van der Waals surface area contributed by atoms with Crippen molar-refractivity contribution in [1.29, 1.82) is 0 Å². The van der Waals surface area contributed by atoms with Gasteiger partial charge in [0.15, 0.2) is 0 Å². The summed E-state index contributed by atoms with van der Waals surface area (Å²) in [5, 5.41) is 21.6. The molecule has 0 fully saturated rings. The Morgan fingerprint density at radius 2 is 2.12 bits per heavy atom. The molecule has 0 aliphatic rings. The second-order valence-corrected chi connectivity index (χ2v) is 4.92. The molecule has 0 spiro atoms. The summed E-state index contributed by atoms with van der Waals surface area (Å²) < 4.78 is 0. The Kier molecular flexibility index (Phi) is 4.37. The van der Waals surface area contributed by atoms with Crippen LogP contribution in [0.3, 0.4) is 0 Å². The standard InChI is InChI=1S/C12H16ClNO3/c1-12(2,11(16)17)7-14-6-8-4-3-5-9(15)10(8)13/h3-5,14-15H,6-7H2,1-2H3,(H,16,17). The molecule has 0 amide bonds. The lowest BCUT2D eigenvalue weighted by Crippen LogP contribution is -2.35. The maximum absolute atomic E-state index is 10.9. The summed E-state index contributed by atoms with van der Waals surface area (Å²) in [5.74, 6) is -0.824. The molecule has 0 aliphatic carbocycles. The van der Waals surface area contributed by atoms with Gasteiger partial charge >= 0.3 is 5.97 Å². The summed E-state index contributed by atoms with van der Waals surface area (Å²) >= 11 is 5.90. The van der Waals surface area contributed by atoms with E-state index in [1.54, 1.807) is 26.0 Å². The summed E-state index contributed by atoms with van der Waals surface area (Å²) in [6.45, 7) is 4.04. The first-order chi connectivity index (χ1) is 7.84. The summed E-state index contributed by atoms with van der Waals surface area (Å²) in [6.07, 6.45) is 0. The first kappa shape index (κ1) is 13.8. The maximum atomic E-state index is 10.9. The van der Waals surface area contributed by atoms with E-state index in [1.165, 1.54) is 6.07 Å². The Morgan fingerprint density at radius 3 is 2.71 bits per heavy atom. The van der Waals surface area contributed by atoms with Gasteiger partial charge in [0, 0.05) is 13.1 Å². The third-order valence-electron chi connectivity index (χ3n) is 2.52. The number of nitrogens with one attached hydrogen (secondary N) is 1. The maximum Gasteiger partial charge on any atom is 0.310 e. The lowest BCUT2D eigenvalue weighted by atomic mass is 9.94. The molecule has 0 bridgehead atoms. The van der Waals surface area contributed by atoms with Crippen LogP contribution in [-0.4, -0.2) is 22.7 Å². The summed E-state index contributed by atoms with van der Waals surface area (Å²) in [5.41, 5.74) is -0.0867. The van der Waals surface area contributed by atoms with Crippen molar-refractivity contribution in [3.8, 4) is 5.75 Å². The molecule has 0 atom stereocenters. The molecule has 4 nitrogen and oxygen atoms in total. The van der Waals surface area contributed by atoms with Crippen LogP contribution in [0.5, 0.6) is 5.75 Å². The molecular weight excluding hydrogens is 242 g/mol. The van der Waals surface area contributed by atoms with E-state index in [1.807, 2.05) is 0 Å². The predicted molar refractivity (Wildman–Crippen MR) is 66.2 cm³/mol. The van der Waals surface area contributed by atoms with Crippen molar-refractivity contribution in [2.45, 2.75) is 20.4 Å². The van der Waals surface area contributed by atoms with E-state index in [-0.39, 0.29) is 5.75 Å². The van der Waals surface area contributed by atoms with Gasteiger partial charge in [0.1, 0.15) is 5.75 Å². The van der Waals surface area contributed by atoms with E-state index in [4.69, 9.17) is 16.7 Å². The summed E-state index contributed by atoms with van der Waals surface area (Å²) in [4.78, 5) is 10.9. The second kappa shape index (κ2) is 5.38. The number of carboxylic acid groups (broad SMARTS) is 1. The molecule has 0 aliphatic heterocycles. The molecule has 1 aromatic carbocycles. The molecule has 94 valence electrons. The first-order valence-corrected chi connectivity index (χ1v) is 5.63. The van der Waals surface area contributed by atoms with Gasteiger partial charge in [0.2, 0.25) is 0 Å². The third kappa shape index (κ3) is 3.61. The van der Waals surface area contributed by atoms with Crippen molar-refractivity contribution >= 4 is 17.6 Å². The van der Waals surface area contributed by atoms with E-state index >= 15 is 0 Å². The zero-order valence-electron chi connectivity index (χ0n) is 9.83. The highest BCUT2D eigenvalue weighted by Crippen LogP contribution is 2.26. The van der Waals surface area contributed by atoms with Crippen LogP contribution in [-0.2, 0) is 11.3 Å². The van der Waals surface area contributed by atoms with Crippen LogP contribution in [0.2, 0.25) is 5.02 Å². The number of aromatic hydroxyl groups is 1. The number of aliphatic carboxylic acids is 1. The first-order valence-electron chi connectivity index (χ1n) is 5.25. The highest BCUT2D eigenvalue weighted by Gasteiger charge is 2.26. The van der Waals surface area contributed by atoms with Gasteiger partial charge in [-0.05, 0) is 25.5 Å². The largest absolute Gasteiger partial charge is 0.506 e. The van der Waals surface area contributed by atoms with E-state index in [0.717, 1.165) is 5.56 Å². The fourth-order valence-corrected chi connectivity index (χ4v) is 1.48. The lowest BCUT2D eigenvalue weighted by molar-refractivity contribution is -0.146. The Labute approximate surface area is 105 Å². The molecule has 3 N–H and O–H groups in total. The Bertz CT molecular complexity index is 418. The van der Waals surface area contributed by atoms with E-state index in [2.05, 4.69) is 5.32 Å². The number of benzene rings is 1. The van der Waals surface area contributed by atoms with Crippen molar-refractivity contribution in [3.63, 3.8) is 0 Å². The topological polar surface area (TPSA) is 69.6 Å². The summed E-state index contributed by atoms with van der Waals surface area (Å²) in [7, 11) is 0. The van der Waals surface area contributed by atoms with Gasteiger partial charge in [-0.3, -0.25) is 4.79 Å². The van der Waals surface area contributed by atoms with E-state index in [0.29, 0.717) is 18.1 Å². The molecule has 1 aromatic rings. The van der Waals surface area contributed by atoms with Crippen LogP contribution in [0.4, 0.5) is 0 Å². The molecule has 0 aromatic heterocycles. The minimum absolute atomic E-state index is 0.0310. The number of hydrogen-bond acceptors (Lipinski definition) is 3. The Morgan fingerprint density at radius 1 is 1.47 bits per heavy atom. The predicted octanol–water partition coefficient (Wildman–Crippen LogP) is 2.25. The van der Waals surface area contributed by atoms with Crippen molar-refractivity contribution in [2.75, 3.05) is 6.54 Å². The highest BCUT2D eigenvalue weighted by molar-refractivity contribution is 6.32. The minimum atomic E-state index is -0.855. The van der Waals surface area contributed by atoms with Gasteiger partial charge in [0.25, 0.3) is 0 Å². The molecule has 0 saturated heterocycles. The second-order valence-electron chi connectivity index (χ2n) is 4.54. The minimum Gasteiger partial charge on any atom is -0.506 e. The lowest BCUT2D eigenvalue weighted by Gasteiger charge is -2.19.